The zero-order chi connectivity index (χ0) is 22.7. The third kappa shape index (κ3) is 4.93. The lowest BCUT2D eigenvalue weighted by molar-refractivity contribution is -0.130. The summed E-state index contributed by atoms with van der Waals surface area (Å²) < 4.78 is 7.28. The van der Waals surface area contributed by atoms with E-state index in [2.05, 4.69) is 30.2 Å². The molecule has 0 aliphatic carbocycles. The van der Waals surface area contributed by atoms with Gasteiger partial charge >= 0.3 is 0 Å². The van der Waals surface area contributed by atoms with Gasteiger partial charge in [0.1, 0.15) is 18.1 Å². The van der Waals surface area contributed by atoms with Gasteiger partial charge in [0.05, 0.1) is 7.11 Å². The summed E-state index contributed by atoms with van der Waals surface area (Å²) in [5, 5.41) is 3.45. The lowest BCUT2D eigenvalue weighted by atomic mass is 10.0. The number of carbonyl (C=O) groups excluding carboxylic acids is 1. The number of imidazole rings is 1. The third-order valence-electron chi connectivity index (χ3n) is 5.86. The van der Waals surface area contributed by atoms with Gasteiger partial charge in [-0.2, -0.15) is 0 Å². The average Bonchev–Trinajstić information content (AvgIpc) is 3.43. The first-order chi connectivity index (χ1) is 15.4. The molecule has 0 radical (unpaired) electrons. The minimum Gasteiger partial charge on any atom is -0.497 e. The molecule has 0 saturated carbocycles. The monoisotopic (exact) mass is 433 g/mol. The van der Waals surface area contributed by atoms with E-state index >= 15 is 0 Å². The largest absolute Gasteiger partial charge is 0.497 e. The molecule has 0 spiro atoms. The van der Waals surface area contributed by atoms with Gasteiger partial charge in [0, 0.05) is 66.1 Å². The fourth-order valence-electron chi connectivity index (χ4n) is 4.27. The van der Waals surface area contributed by atoms with Crippen LogP contribution in [0, 0.1) is 6.92 Å². The molecule has 7 nitrogen and oxygen atoms in total. The smallest absolute Gasteiger partial charge is 0.242 e. The summed E-state index contributed by atoms with van der Waals surface area (Å²) in [5.41, 5.74) is 3.93. The summed E-state index contributed by atoms with van der Waals surface area (Å²) in [6, 6.07) is 12.0. The van der Waals surface area contributed by atoms with Gasteiger partial charge in [-0.25, -0.2) is 4.98 Å². The Bertz CT molecular complexity index is 1090. The summed E-state index contributed by atoms with van der Waals surface area (Å²) in [6.45, 7) is 7.98. The van der Waals surface area contributed by atoms with Crippen LogP contribution < -0.4 is 10.1 Å². The number of hydrogen-bond acceptors (Lipinski definition) is 5. The molecule has 1 unspecified atom stereocenters. The second-order valence-corrected chi connectivity index (χ2v) is 8.67. The SMILES string of the molecule is COc1cccc(Nc2cc(C)nc(C3CCN(C(=O)Cn4ccnc4C(C)C)C3)c2)c1. The van der Waals surface area contributed by atoms with Crippen LogP contribution in [0.5, 0.6) is 5.75 Å². The Morgan fingerprint density at radius 2 is 2.09 bits per heavy atom. The van der Waals surface area contributed by atoms with Crippen LogP contribution in [0.25, 0.3) is 0 Å². The van der Waals surface area contributed by atoms with E-state index in [4.69, 9.17) is 9.72 Å². The van der Waals surface area contributed by atoms with Gasteiger partial charge in [0.25, 0.3) is 0 Å². The summed E-state index contributed by atoms with van der Waals surface area (Å²) >= 11 is 0. The Morgan fingerprint density at radius 1 is 1.25 bits per heavy atom. The number of nitrogens with zero attached hydrogens (tertiary/aromatic N) is 4. The standard InChI is InChI=1S/C25H31N5O2/c1-17(2)25-26-9-11-30(25)16-24(31)29-10-8-19(15-29)23-14-21(12-18(3)27-23)28-20-6-5-7-22(13-20)32-4/h5-7,9,11-14,17,19H,8,10,15-16H2,1-4H3,(H,27,28). The quantitative estimate of drug-likeness (QED) is 0.595. The van der Waals surface area contributed by atoms with E-state index in [1.165, 1.54) is 0 Å². The van der Waals surface area contributed by atoms with Crippen molar-refractivity contribution < 1.29 is 9.53 Å². The van der Waals surface area contributed by atoms with Crippen LogP contribution >= 0.6 is 0 Å². The molecule has 168 valence electrons. The fraction of sp³-hybridized carbons (Fsp3) is 0.400. The van der Waals surface area contributed by atoms with Crippen molar-refractivity contribution in [1.29, 1.82) is 0 Å². The molecule has 1 aliphatic heterocycles. The minimum absolute atomic E-state index is 0.134. The molecule has 4 rings (SSSR count). The van der Waals surface area contributed by atoms with E-state index in [1.807, 2.05) is 52.9 Å². The van der Waals surface area contributed by atoms with Crippen molar-refractivity contribution >= 4 is 17.3 Å². The third-order valence-corrected chi connectivity index (χ3v) is 5.86. The number of ether oxygens (including phenoxy) is 1. The number of pyridine rings is 1. The molecule has 32 heavy (non-hydrogen) atoms. The maximum absolute atomic E-state index is 12.9. The van der Waals surface area contributed by atoms with Crippen molar-refractivity contribution in [3.63, 3.8) is 0 Å². The lowest BCUT2D eigenvalue weighted by Gasteiger charge is -2.19. The first kappa shape index (κ1) is 21.9. The van der Waals surface area contributed by atoms with Gasteiger partial charge < -0.3 is 19.5 Å². The number of nitrogens with one attached hydrogen (secondary N) is 1. The highest BCUT2D eigenvalue weighted by atomic mass is 16.5. The highest BCUT2D eigenvalue weighted by Crippen LogP contribution is 2.30. The Kier molecular flexibility index (Phi) is 6.44. The van der Waals surface area contributed by atoms with Crippen LogP contribution in [0.2, 0.25) is 0 Å². The van der Waals surface area contributed by atoms with Crippen molar-refractivity contribution in [1.82, 2.24) is 19.4 Å². The van der Waals surface area contributed by atoms with Gasteiger partial charge in [-0.15, -0.1) is 0 Å². The summed E-state index contributed by atoms with van der Waals surface area (Å²) in [5.74, 6) is 2.41. The molecule has 0 bridgehead atoms. The van der Waals surface area contributed by atoms with Crippen LogP contribution in [0.4, 0.5) is 11.4 Å². The van der Waals surface area contributed by atoms with Crippen LogP contribution in [-0.2, 0) is 11.3 Å². The molecule has 1 amide bonds. The number of benzene rings is 1. The number of likely N-dealkylation sites (tertiary alicyclic amines) is 1. The van der Waals surface area contributed by atoms with E-state index in [0.29, 0.717) is 13.1 Å². The molecular weight excluding hydrogens is 402 g/mol. The van der Waals surface area contributed by atoms with E-state index < -0.39 is 0 Å². The number of methoxy groups -OCH3 is 1. The van der Waals surface area contributed by atoms with Crippen molar-refractivity contribution in [3.05, 3.63) is 66.0 Å². The number of hydrogen-bond donors (Lipinski definition) is 1. The van der Waals surface area contributed by atoms with Crippen molar-refractivity contribution in [2.24, 2.45) is 0 Å². The van der Waals surface area contributed by atoms with Crippen LogP contribution in [0.15, 0.2) is 48.8 Å². The topological polar surface area (TPSA) is 72.3 Å². The molecule has 1 aromatic carbocycles. The van der Waals surface area contributed by atoms with Gasteiger partial charge in [-0.05, 0) is 37.6 Å². The van der Waals surface area contributed by atoms with E-state index in [1.54, 1.807) is 13.3 Å². The minimum atomic E-state index is 0.134. The summed E-state index contributed by atoms with van der Waals surface area (Å²) in [4.78, 5) is 24.1. The van der Waals surface area contributed by atoms with Gasteiger partial charge in [-0.1, -0.05) is 19.9 Å². The predicted molar refractivity (Wildman–Crippen MR) is 126 cm³/mol. The Labute approximate surface area is 189 Å². The molecule has 3 aromatic rings. The number of carbonyl (C=O) groups is 1. The normalized spacial score (nSPS) is 15.9. The number of aryl methyl sites for hydroxylation is 1. The van der Waals surface area contributed by atoms with Crippen LogP contribution in [0.1, 0.15) is 49.3 Å². The van der Waals surface area contributed by atoms with Crippen LogP contribution in [0.3, 0.4) is 0 Å². The molecule has 1 aliphatic rings. The van der Waals surface area contributed by atoms with Crippen LogP contribution in [-0.4, -0.2) is 45.5 Å². The molecule has 1 saturated heterocycles. The second-order valence-electron chi connectivity index (χ2n) is 8.67. The molecule has 1 atom stereocenters. The molecule has 1 N–H and O–H groups in total. The van der Waals surface area contributed by atoms with Gasteiger partial charge in [0.15, 0.2) is 0 Å². The fourth-order valence-corrected chi connectivity index (χ4v) is 4.27. The van der Waals surface area contributed by atoms with Gasteiger partial charge in [0.2, 0.25) is 5.91 Å². The maximum Gasteiger partial charge on any atom is 0.242 e. The van der Waals surface area contributed by atoms with Crippen molar-refractivity contribution in [3.8, 4) is 5.75 Å². The van der Waals surface area contributed by atoms with Crippen molar-refractivity contribution in [2.45, 2.75) is 45.6 Å². The second kappa shape index (κ2) is 9.42. The van der Waals surface area contributed by atoms with Gasteiger partial charge in [-0.3, -0.25) is 9.78 Å². The maximum atomic E-state index is 12.9. The van der Waals surface area contributed by atoms with E-state index in [-0.39, 0.29) is 17.7 Å². The Hall–Kier alpha value is -3.35. The van der Waals surface area contributed by atoms with E-state index in [9.17, 15) is 4.79 Å². The Morgan fingerprint density at radius 3 is 2.88 bits per heavy atom. The average molecular weight is 434 g/mol. The van der Waals surface area contributed by atoms with E-state index in [0.717, 1.165) is 47.3 Å². The number of aromatic nitrogens is 3. The van der Waals surface area contributed by atoms with Crippen molar-refractivity contribution in [2.75, 3.05) is 25.5 Å². The first-order valence-electron chi connectivity index (χ1n) is 11.1. The summed E-state index contributed by atoms with van der Waals surface area (Å²) in [6.07, 6.45) is 4.57. The molecular formula is C25H31N5O2. The zero-order valence-electron chi connectivity index (χ0n) is 19.2. The molecule has 1 fully saturated rings. The first-order valence-corrected chi connectivity index (χ1v) is 11.1. The highest BCUT2D eigenvalue weighted by Gasteiger charge is 2.29. The number of anilines is 2. The number of amides is 1. The molecule has 3 heterocycles. The Balaban J connectivity index is 1.44. The highest BCUT2D eigenvalue weighted by molar-refractivity contribution is 5.76. The number of rotatable bonds is 7. The summed E-state index contributed by atoms with van der Waals surface area (Å²) in [7, 11) is 1.66. The lowest BCUT2D eigenvalue weighted by Crippen LogP contribution is -2.32. The molecule has 7 heteroatoms. The molecule has 2 aromatic heterocycles. The predicted octanol–water partition coefficient (Wildman–Crippen LogP) is 4.48. The zero-order valence-corrected chi connectivity index (χ0v) is 19.2.